The van der Waals surface area contributed by atoms with E-state index in [1.54, 1.807) is 6.07 Å². The van der Waals surface area contributed by atoms with Gasteiger partial charge in [0.25, 0.3) is 5.91 Å². The first-order valence-electron chi connectivity index (χ1n) is 12.8. The number of rotatable bonds is 6. The van der Waals surface area contributed by atoms with Gasteiger partial charge in [0, 0.05) is 61.8 Å². The number of primary amides is 1. The van der Waals surface area contributed by atoms with Gasteiger partial charge < -0.3 is 20.4 Å². The monoisotopic (exact) mass is 481 g/mol. The molecule has 2 aromatic rings. The molecule has 3 N–H and O–H groups in total. The Kier molecular flexibility index (Phi) is 4.44. The quantitative estimate of drug-likeness (QED) is 0.656. The highest BCUT2D eigenvalue weighted by molar-refractivity contribution is 5.95. The second kappa shape index (κ2) is 7.20. The van der Waals surface area contributed by atoms with Crippen molar-refractivity contribution >= 4 is 28.5 Å². The molecule has 1 spiro atoms. The van der Waals surface area contributed by atoms with Crippen molar-refractivity contribution in [3.05, 3.63) is 30.0 Å². The van der Waals surface area contributed by atoms with E-state index in [0.717, 1.165) is 57.0 Å². The zero-order chi connectivity index (χ0) is 24.0. The van der Waals surface area contributed by atoms with E-state index in [1.807, 2.05) is 12.1 Å². The number of likely N-dealkylation sites (tertiary alicyclic amines) is 1. The van der Waals surface area contributed by atoms with E-state index < -0.39 is 17.0 Å². The summed E-state index contributed by atoms with van der Waals surface area (Å²) >= 11 is 0. The van der Waals surface area contributed by atoms with Crippen LogP contribution in [0.5, 0.6) is 0 Å². The van der Waals surface area contributed by atoms with Crippen LogP contribution in [-0.2, 0) is 4.79 Å². The summed E-state index contributed by atoms with van der Waals surface area (Å²) in [5.74, 6) is -0.270. The van der Waals surface area contributed by atoms with Gasteiger partial charge in [0.1, 0.15) is 11.3 Å². The van der Waals surface area contributed by atoms with Crippen LogP contribution in [0.4, 0.5) is 10.1 Å². The van der Waals surface area contributed by atoms with E-state index in [2.05, 4.69) is 26.1 Å². The van der Waals surface area contributed by atoms with Crippen molar-refractivity contribution in [2.75, 3.05) is 50.8 Å². The van der Waals surface area contributed by atoms with Crippen LogP contribution in [0.15, 0.2) is 28.7 Å². The highest BCUT2D eigenvalue weighted by atomic mass is 19.1. The average molecular weight is 482 g/mol. The molecular formula is C26H32FN5O3. The largest absolute Gasteiger partial charge is 0.451 e. The lowest BCUT2D eigenvalue weighted by Crippen LogP contribution is -2.71. The molecule has 8 rings (SSSR count). The molecule has 1 atom stereocenters. The Morgan fingerprint density at radius 3 is 2.49 bits per heavy atom. The number of nitrogens with two attached hydrogens (primary N) is 1. The van der Waals surface area contributed by atoms with Gasteiger partial charge in [-0.2, -0.15) is 0 Å². The summed E-state index contributed by atoms with van der Waals surface area (Å²) in [6.45, 7) is 6.65. The molecule has 2 aliphatic heterocycles. The Balaban J connectivity index is 0.936. The SMILES string of the molecule is NC(=O)c1cc2cc(N3CCN(CN4CC(NC(=O)C56CC(F)(C5)C6)C5(CC5)C4)CC3)ccc2o1. The maximum atomic E-state index is 13.9. The Morgan fingerprint density at radius 2 is 1.83 bits per heavy atom. The third kappa shape index (κ3) is 3.46. The van der Waals surface area contributed by atoms with Gasteiger partial charge in [-0.1, -0.05) is 0 Å². The van der Waals surface area contributed by atoms with Gasteiger partial charge in [0.15, 0.2) is 5.76 Å². The molecular weight excluding hydrogens is 449 g/mol. The van der Waals surface area contributed by atoms with Crippen molar-refractivity contribution in [1.82, 2.24) is 15.1 Å². The number of carbonyl (C=O) groups excluding carboxylic acids is 2. The molecule has 8 nitrogen and oxygen atoms in total. The minimum atomic E-state index is -1.03. The van der Waals surface area contributed by atoms with Crippen molar-refractivity contribution in [1.29, 1.82) is 0 Å². The maximum absolute atomic E-state index is 13.9. The first kappa shape index (κ1) is 21.6. The summed E-state index contributed by atoms with van der Waals surface area (Å²) in [4.78, 5) is 31.6. The van der Waals surface area contributed by atoms with E-state index in [4.69, 9.17) is 10.2 Å². The Labute approximate surface area is 203 Å². The molecule has 1 aromatic heterocycles. The number of amides is 2. The Hall–Kier alpha value is -2.65. The predicted molar refractivity (Wildman–Crippen MR) is 129 cm³/mol. The Bertz CT molecular complexity index is 1200. The topological polar surface area (TPSA) is 95.0 Å². The number of benzene rings is 1. The fraction of sp³-hybridized carbons (Fsp3) is 0.615. The highest BCUT2D eigenvalue weighted by Crippen LogP contribution is 2.69. The van der Waals surface area contributed by atoms with Gasteiger partial charge in [0.2, 0.25) is 5.91 Å². The molecule has 9 heteroatoms. The van der Waals surface area contributed by atoms with Gasteiger partial charge in [-0.25, -0.2) is 4.39 Å². The number of anilines is 1. The number of hydrogen-bond acceptors (Lipinski definition) is 6. The van der Waals surface area contributed by atoms with E-state index >= 15 is 0 Å². The van der Waals surface area contributed by atoms with E-state index in [-0.39, 0.29) is 23.1 Å². The average Bonchev–Trinajstić information content (AvgIpc) is 3.30. The number of fused-ring (bicyclic) bond motifs is 1. The summed E-state index contributed by atoms with van der Waals surface area (Å²) in [7, 11) is 0. The molecule has 2 bridgehead atoms. The molecule has 1 unspecified atom stereocenters. The van der Waals surface area contributed by atoms with Crippen LogP contribution < -0.4 is 16.0 Å². The maximum Gasteiger partial charge on any atom is 0.284 e. The lowest BCUT2D eigenvalue weighted by Gasteiger charge is -2.64. The number of furan rings is 1. The van der Waals surface area contributed by atoms with Crippen molar-refractivity contribution in [2.24, 2.45) is 16.6 Å². The number of nitrogens with one attached hydrogen (secondary N) is 1. The zero-order valence-corrected chi connectivity index (χ0v) is 19.9. The second-order valence-electron chi connectivity index (χ2n) is 11.8. The highest BCUT2D eigenvalue weighted by Gasteiger charge is 2.73. The first-order chi connectivity index (χ1) is 16.7. The molecule has 1 aromatic carbocycles. The molecule has 186 valence electrons. The molecule has 4 aliphatic carbocycles. The molecule has 2 saturated heterocycles. The number of halogens is 1. The fourth-order valence-electron chi connectivity index (χ4n) is 7.04. The molecule has 6 aliphatic rings. The summed E-state index contributed by atoms with van der Waals surface area (Å²) in [5.41, 5.74) is 5.94. The van der Waals surface area contributed by atoms with Gasteiger partial charge in [0.05, 0.1) is 12.1 Å². The van der Waals surface area contributed by atoms with Crippen molar-refractivity contribution in [3.63, 3.8) is 0 Å². The van der Waals surface area contributed by atoms with Crippen molar-refractivity contribution in [3.8, 4) is 0 Å². The summed E-state index contributed by atoms with van der Waals surface area (Å²) in [5, 5.41) is 4.23. The van der Waals surface area contributed by atoms with E-state index in [9.17, 15) is 14.0 Å². The molecule has 0 radical (unpaired) electrons. The first-order valence-corrected chi connectivity index (χ1v) is 12.8. The van der Waals surface area contributed by atoms with Crippen LogP contribution in [0.3, 0.4) is 0 Å². The van der Waals surface area contributed by atoms with E-state index in [1.165, 1.54) is 12.8 Å². The number of carbonyl (C=O) groups is 2. The molecule has 2 amide bonds. The fourth-order valence-corrected chi connectivity index (χ4v) is 7.04. The van der Waals surface area contributed by atoms with Gasteiger partial charge in [-0.15, -0.1) is 0 Å². The van der Waals surface area contributed by atoms with Gasteiger partial charge in [-0.3, -0.25) is 19.4 Å². The number of piperazine rings is 1. The molecule has 35 heavy (non-hydrogen) atoms. The van der Waals surface area contributed by atoms with Crippen LogP contribution in [0, 0.1) is 10.8 Å². The molecule has 6 fully saturated rings. The lowest BCUT2D eigenvalue weighted by molar-refractivity contribution is -0.214. The minimum Gasteiger partial charge on any atom is -0.451 e. The second-order valence-corrected chi connectivity index (χ2v) is 11.8. The minimum absolute atomic E-state index is 0.0984. The Morgan fingerprint density at radius 1 is 1.09 bits per heavy atom. The van der Waals surface area contributed by atoms with Crippen molar-refractivity contribution in [2.45, 2.75) is 43.8 Å². The van der Waals surface area contributed by atoms with Crippen LogP contribution >= 0.6 is 0 Å². The van der Waals surface area contributed by atoms with Gasteiger partial charge in [-0.05, 0) is 56.4 Å². The van der Waals surface area contributed by atoms with Crippen molar-refractivity contribution < 1.29 is 18.4 Å². The summed E-state index contributed by atoms with van der Waals surface area (Å²) in [6, 6.07) is 7.90. The van der Waals surface area contributed by atoms with Crippen LogP contribution in [0.2, 0.25) is 0 Å². The number of nitrogens with zero attached hydrogens (tertiary/aromatic N) is 3. The number of hydrogen-bond donors (Lipinski definition) is 2. The summed E-state index contributed by atoms with van der Waals surface area (Å²) in [6.07, 6.45) is 3.64. The molecule has 4 saturated carbocycles. The zero-order valence-electron chi connectivity index (χ0n) is 19.9. The third-order valence-corrected chi connectivity index (χ3v) is 9.24. The third-order valence-electron chi connectivity index (χ3n) is 9.24. The van der Waals surface area contributed by atoms with Crippen LogP contribution in [-0.4, -0.2) is 79.3 Å². The predicted octanol–water partition coefficient (Wildman–Crippen LogP) is 2.08. The number of alkyl halides is 1. The van der Waals surface area contributed by atoms with Crippen LogP contribution in [0.25, 0.3) is 11.0 Å². The smallest absolute Gasteiger partial charge is 0.284 e. The molecule has 3 heterocycles. The van der Waals surface area contributed by atoms with Crippen LogP contribution in [0.1, 0.15) is 42.7 Å². The standard InChI is InChI=1S/C26H32FN5O3/c27-26-12-25(13-26,14-26)23(34)29-21-11-31(15-24(21)3-4-24)16-30-5-7-32(8-6-30)18-1-2-19-17(9-18)10-20(35-19)22(28)33/h1-2,9-10,21H,3-8,11-16H2,(H2,28,33)(H,29,34). The van der Waals surface area contributed by atoms with E-state index in [0.29, 0.717) is 24.8 Å². The summed E-state index contributed by atoms with van der Waals surface area (Å²) < 4.78 is 19.4. The normalized spacial score (nSPS) is 33.5. The van der Waals surface area contributed by atoms with Gasteiger partial charge >= 0.3 is 0 Å². The lowest BCUT2D eigenvalue weighted by atomic mass is 9.42.